The van der Waals surface area contributed by atoms with Gasteiger partial charge in [0.2, 0.25) is 20.0 Å². The normalized spacial score (nSPS) is 15.3. The van der Waals surface area contributed by atoms with Gasteiger partial charge in [0.25, 0.3) is 5.91 Å². The number of aromatic nitrogens is 1. The fourth-order valence-electron chi connectivity index (χ4n) is 5.35. The number of nitrogens with one attached hydrogen (secondary N) is 2. The quantitative estimate of drug-likeness (QED) is 0.257. The molecule has 1 fully saturated rings. The number of carbonyl (C=O) groups excluding carboxylic acids is 1. The number of rotatable bonds is 9. The lowest BCUT2D eigenvalue weighted by atomic mass is 9.88. The maximum atomic E-state index is 12.7. The summed E-state index contributed by atoms with van der Waals surface area (Å²) in [7, 11) is -1.30. The van der Waals surface area contributed by atoms with Gasteiger partial charge >= 0.3 is 0 Å². The van der Waals surface area contributed by atoms with Crippen LogP contribution in [0.15, 0.2) is 71.8 Å². The molecule has 2 radical (unpaired) electrons. The fraction of sp³-hybridized carbons (Fsp3) is 0.276. The van der Waals surface area contributed by atoms with Crippen LogP contribution >= 0.6 is 0 Å². The van der Waals surface area contributed by atoms with Gasteiger partial charge in [0.15, 0.2) is 0 Å². The third-order valence-corrected chi connectivity index (χ3v) is 11.0. The van der Waals surface area contributed by atoms with E-state index in [-0.39, 0.29) is 23.1 Å². The van der Waals surface area contributed by atoms with Gasteiger partial charge in [-0.1, -0.05) is 35.8 Å². The van der Waals surface area contributed by atoms with E-state index in [0.717, 1.165) is 27.6 Å². The van der Waals surface area contributed by atoms with Gasteiger partial charge in [0.1, 0.15) is 7.85 Å². The van der Waals surface area contributed by atoms with E-state index < -0.39 is 26.0 Å². The maximum absolute atomic E-state index is 12.7. The lowest BCUT2D eigenvalue weighted by Crippen LogP contribution is -2.38. The molecule has 3 aromatic carbocycles. The predicted molar refractivity (Wildman–Crippen MR) is 161 cm³/mol. The Bertz CT molecular complexity index is 1810. The van der Waals surface area contributed by atoms with Gasteiger partial charge in [-0.05, 0) is 78.3 Å². The number of piperidine rings is 1. The number of primary amides is 1. The molecule has 0 aliphatic carbocycles. The molecular formula is C29H31BN4O5S2. The third-order valence-electron chi connectivity index (χ3n) is 7.66. The lowest BCUT2D eigenvalue weighted by molar-refractivity contribution is 0.100. The molecule has 1 aromatic heterocycles. The molecule has 41 heavy (non-hydrogen) atoms. The first-order valence-corrected chi connectivity index (χ1v) is 16.4. The Labute approximate surface area is 241 Å². The Balaban J connectivity index is 1.43. The highest BCUT2D eigenvalue weighted by Crippen LogP contribution is 2.37. The lowest BCUT2D eigenvalue weighted by Gasteiger charge is -2.31. The highest BCUT2D eigenvalue weighted by molar-refractivity contribution is 7.89. The number of nitrogens with zero attached hydrogens (tertiary/aromatic N) is 1. The van der Waals surface area contributed by atoms with Crippen molar-refractivity contribution in [1.82, 2.24) is 14.0 Å². The van der Waals surface area contributed by atoms with E-state index in [4.69, 9.17) is 13.6 Å². The molecule has 0 unspecified atom stereocenters. The van der Waals surface area contributed by atoms with Crippen molar-refractivity contribution in [2.45, 2.75) is 37.1 Å². The summed E-state index contributed by atoms with van der Waals surface area (Å²) >= 11 is 0. The first-order chi connectivity index (χ1) is 19.5. The van der Waals surface area contributed by atoms with Gasteiger partial charge in [0, 0.05) is 31.2 Å². The number of H-pyrrole nitrogens is 1. The van der Waals surface area contributed by atoms with E-state index >= 15 is 0 Å². The molecule has 0 bridgehead atoms. The number of hydrogen-bond acceptors (Lipinski definition) is 5. The average Bonchev–Trinajstić information content (AvgIpc) is 3.40. The molecule has 4 N–H and O–H groups in total. The van der Waals surface area contributed by atoms with Crippen LogP contribution in [0.1, 0.15) is 47.2 Å². The molecule has 1 saturated heterocycles. The van der Waals surface area contributed by atoms with Crippen molar-refractivity contribution < 1.29 is 21.6 Å². The number of benzene rings is 3. The summed E-state index contributed by atoms with van der Waals surface area (Å²) in [5, 5.41) is 0.863. The Morgan fingerprint density at radius 1 is 1.02 bits per heavy atom. The minimum atomic E-state index is -3.74. The topological polar surface area (TPSA) is 142 Å². The Hall–Kier alpha value is -3.45. The van der Waals surface area contributed by atoms with Gasteiger partial charge in [-0.15, -0.1) is 0 Å². The molecule has 212 valence electrons. The molecule has 1 aliphatic heterocycles. The van der Waals surface area contributed by atoms with Crippen LogP contribution in [-0.4, -0.2) is 58.7 Å². The molecule has 2 heterocycles. The van der Waals surface area contributed by atoms with Gasteiger partial charge in [-0.2, -0.15) is 0 Å². The highest BCUT2D eigenvalue weighted by atomic mass is 32.2. The summed E-state index contributed by atoms with van der Waals surface area (Å²) in [5.41, 5.74) is 10.6. The summed E-state index contributed by atoms with van der Waals surface area (Å²) in [6, 6.07) is 17.1. The van der Waals surface area contributed by atoms with Crippen LogP contribution in [0.5, 0.6) is 0 Å². The highest BCUT2D eigenvalue weighted by Gasteiger charge is 2.29. The largest absolute Gasteiger partial charge is 0.366 e. The molecule has 12 heteroatoms. The average molecular weight is 591 g/mol. The maximum Gasteiger partial charge on any atom is 0.250 e. The summed E-state index contributed by atoms with van der Waals surface area (Å²) in [6.07, 6.45) is 3.23. The van der Waals surface area contributed by atoms with Crippen LogP contribution in [0.3, 0.4) is 0 Å². The zero-order valence-corrected chi connectivity index (χ0v) is 24.3. The first kappa shape index (κ1) is 29.1. The summed E-state index contributed by atoms with van der Waals surface area (Å²) in [6.45, 7) is 2.62. The minimum absolute atomic E-state index is 0.0696. The van der Waals surface area contributed by atoms with Crippen LogP contribution in [0.2, 0.25) is 0 Å². The number of amides is 1. The smallest absolute Gasteiger partial charge is 0.250 e. The van der Waals surface area contributed by atoms with Crippen LogP contribution in [-0.2, 0) is 26.6 Å². The van der Waals surface area contributed by atoms with Gasteiger partial charge < -0.3 is 10.7 Å². The van der Waals surface area contributed by atoms with Crippen LogP contribution in [0.4, 0.5) is 0 Å². The Kier molecular flexibility index (Phi) is 8.11. The second-order valence-corrected chi connectivity index (χ2v) is 14.2. The van der Waals surface area contributed by atoms with E-state index in [1.54, 1.807) is 17.3 Å². The first-order valence-electron chi connectivity index (χ1n) is 13.4. The van der Waals surface area contributed by atoms with Crippen molar-refractivity contribution >= 4 is 50.2 Å². The van der Waals surface area contributed by atoms with Gasteiger partial charge in [-0.3, -0.25) is 4.79 Å². The standard InChI is InChI=1S/C29H31BN4O5S2/c1-2-40(36,37)34-12-10-20(11-13-34)27-18-32-28-25(27)15-22(16-26(28)29(31)35)21-5-3-4-19(14-21)17-33-41(38,39)24-8-6-23(30)7-9-24/h3-9,14-16,18,20,32-33H,2,10-13,17H2,1H3,(H2,31,35). The molecule has 0 saturated carbocycles. The number of carbonyl (C=O) groups is 1. The van der Waals surface area contributed by atoms with Crippen molar-refractivity contribution in [3.8, 4) is 11.1 Å². The fourth-order valence-corrected chi connectivity index (χ4v) is 7.50. The third kappa shape index (κ3) is 6.11. The summed E-state index contributed by atoms with van der Waals surface area (Å²) < 4.78 is 54.3. The SMILES string of the molecule is [B]c1ccc(S(=O)(=O)NCc2cccc(-c3cc(C(N)=O)c4[nH]cc(C5CCN(S(=O)(=O)CC)CC5)c4c3)c2)cc1. The second kappa shape index (κ2) is 11.4. The molecule has 5 rings (SSSR count). The van der Waals surface area contributed by atoms with Crippen molar-refractivity contribution in [2.75, 3.05) is 18.8 Å². The zero-order chi connectivity index (χ0) is 29.4. The molecule has 4 aromatic rings. The molecule has 0 atom stereocenters. The van der Waals surface area contributed by atoms with E-state index in [1.165, 1.54) is 24.3 Å². The van der Waals surface area contributed by atoms with E-state index in [1.807, 2.05) is 36.5 Å². The van der Waals surface area contributed by atoms with Crippen molar-refractivity contribution in [3.63, 3.8) is 0 Å². The van der Waals surface area contributed by atoms with E-state index in [9.17, 15) is 21.6 Å². The summed E-state index contributed by atoms with van der Waals surface area (Å²) in [5.74, 6) is -0.364. The van der Waals surface area contributed by atoms with Crippen molar-refractivity contribution in [3.05, 3.63) is 83.6 Å². The van der Waals surface area contributed by atoms with E-state index in [2.05, 4.69) is 9.71 Å². The van der Waals surface area contributed by atoms with Gasteiger partial charge in [-0.25, -0.2) is 25.9 Å². The van der Waals surface area contributed by atoms with Crippen LogP contribution in [0.25, 0.3) is 22.0 Å². The number of nitrogens with two attached hydrogens (primary N) is 1. The molecule has 0 spiro atoms. The van der Waals surface area contributed by atoms with Crippen LogP contribution < -0.4 is 15.9 Å². The summed E-state index contributed by atoms with van der Waals surface area (Å²) in [4.78, 5) is 15.8. The zero-order valence-electron chi connectivity index (χ0n) is 22.6. The number of hydrogen-bond donors (Lipinski definition) is 3. The van der Waals surface area contributed by atoms with Gasteiger partial charge in [0.05, 0.1) is 21.7 Å². The number of aromatic amines is 1. The second-order valence-electron chi connectivity index (χ2n) is 10.2. The van der Waals surface area contributed by atoms with Crippen LogP contribution in [0, 0.1) is 0 Å². The Morgan fingerprint density at radius 2 is 1.73 bits per heavy atom. The monoisotopic (exact) mass is 590 g/mol. The molecule has 1 aliphatic rings. The number of sulfonamides is 2. The van der Waals surface area contributed by atoms with Crippen molar-refractivity contribution in [1.29, 1.82) is 0 Å². The molecule has 1 amide bonds. The number of fused-ring (bicyclic) bond motifs is 1. The minimum Gasteiger partial charge on any atom is -0.366 e. The molecular weight excluding hydrogens is 559 g/mol. The van der Waals surface area contributed by atoms with E-state index in [0.29, 0.717) is 42.5 Å². The van der Waals surface area contributed by atoms with Crippen molar-refractivity contribution in [2.24, 2.45) is 5.73 Å². The predicted octanol–water partition coefficient (Wildman–Crippen LogP) is 2.74. The Morgan fingerprint density at radius 3 is 2.39 bits per heavy atom. The molecule has 9 nitrogen and oxygen atoms in total.